The van der Waals surface area contributed by atoms with E-state index >= 15 is 0 Å². The zero-order valence-corrected chi connectivity index (χ0v) is 18.1. The number of rotatable bonds is 4. The highest BCUT2D eigenvalue weighted by Gasteiger charge is 2.30. The van der Waals surface area contributed by atoms with E-state index in [-0.39, 0.29) is 11.5 Å². The molecule has 3 N–H and O–H groups in total. The van der Waals surface area contributed by atoms with Crippen molar-refractivity contribution < 1.29 is 18.0 Å². The highest BCUT2D eigenvalue weighted by molar-refractivity contribution is 6.35. The van der Waals surface area contributed by atoms with Crippen LogP contribution >= 0.6 is 23.2 Å². The third kappa shape index (κ3) is 5.63. The summed E-state index contributed by atoms with van der Waals surface area (Å²) in [6, 6.07) is 13.7. The molecule has 0 spiro atoms. The quantitative estimate of drug-likeness (QED) is 0.279. The molecule has 0 atom stereocenters. The van der Waals surface area contributed by atoms with Crippen LogP contribution in [0.4, 0.5) is 40.8 Å². The summed E-state index contributed by atoms with van der Waals surface area (Å²) in [4.78, 5) is 20.7. The fourth-order valence-electron chi connectivity index (χ4n) is 3.06. The Bertz CT molecular complexity index is 1330. The van der Waals surface area contributed by atoms with Gasteiger partial charge in [0.1, 0.15) is 12.1 Å². The van der Waals surface area contributed by atoms with E-state index in [0.29, 0.717) is 32.3 Å². The van der Waals surface area contributed by atoms with E-state index in [4.69, 9.17) is 23.2 Å². The first-order valence-electron chi connectivity index (χ1n) is 9.40. The molecule has 1 aromatic heterocycles. The molecule has 6 nitrogen and oxygen atoms in total. The van der Waals surface area contributed by atoms with Gasteiger partial charge in [-0.15, -0.1) is 0 Å². The molecule has 0 aliphatic carbocycles. The number of alkyl halides is 3. The Labute approximate surface area is 195 Å². The summed E-state index contributed by atoms with van der Waals surface area (Å²) in [6.45, 7) is 0. The first-order chi connectivity index (χ1) is 15.7. The number of carbonyl (C=O) groups excluding carboxylic acids is 1. The standard InChI is InChI=1S/C22H14Cl2F3N5O/c23-13-7-14(24)9-17(8-13)32-21(33)31-16-4-5-19-18(10-16)20(29-11-28-19)30-15-3-1-2-12(6-15)22(25,26)27/h1-11H,(H,28,29,30)(H2,31,32,33). The largest absolute Gasteiger partial charge is 0.416 e. The molecule has 4 aromatic rings. The number of urea groups is 1. The lowest BCUT2D eigenvalue weighted by Gasteiger charge is -2.13. The Morgan fingerprint density at radius 3 is 2.27 bits per heavy atom. The number of benzene rings is 3. The fourth-order valence-corrected chi connectivity index (χ4v) is 3.59. The Hall–Kier alpha value is -3.56. The normalized spacial score (nSPS) is 11.3. The predicted molar refractivity (Wildman–Crippen MR) is 123 cm³/mol. The van der Waals surface area contributed by atoms with Crippen molar-refractivity contribution >= 4 is 63.0 Å². The molecule has 0 saturated carbocycles. The first kappa shape index (κ1) is 22.6. The SMILES string of the molecule is O=C(Nc1cc(Cl)cc(Cl)c1)Nc1ccc2ncnc(Nc3cccc(C(F)(F)F)c3)c2c1. The van der Waals surface area contributed by atoms with Gasteiger partial charge in [-0.3, -0.25) is 0 Å². The molecular weight excluding hydrogens is 478 g/mol. The Kier molecular flexibility index (Phi) is 6.26. The number of fused-ring (bicyclic) bond motifs is 1. The second-order valence-electron chi connectivity index (χ2n) is 6.90. The second kappa shape index (κ2) is 9.13. The first-order valence-corrected chi connectivity index (χ1v) is 10.2. The molecule has 1 heterocycles. The van der Waals surface area contributed by atoms with Crippen molar-refractivity contribution in [1.82, 2.24) is 9.97 Å². The second-order valence-corrected chi connectivity index (χ2v) is 7.77. The zero-order chi connectivity index (χ0) is 23.6. The summed E-state index contributed by atoms with van der Waals surface area (Å²) < 4.78 is 39.1. The number of nitrogens with zero attached hydrogens (tertiary/aromatic N) is 2. The fraction of sp³-hybridized carbons (Fsp3) is 0.0455. The molecule has 33 heavy (non-hydrogen) atoms. The molecule has 0 aliphatic heterocycles. The third-order valence-electron chi connectivity index (χ3n) is 4.47. The summed E-state index contributed by atoms with van der Waals surface area (Å²) in [5.41, 5.74) is 0.771. The van der Waals surface area contributed by atoms with E-state index in [2.05, 4.69) is 25.9 Å². The van der Waals surface area contributed by atoms with Crippen molar-refractivity contribution in [3.05, 3.63) is 82.6 Å². The van der Waals surface area contributed by atoms with Gasteiger partial charge in [0.05, 0.1) is 11.1 Å². The molecule has 0 aliphatic rings. The average molecular weight is 492 g/mol. The number of anilines is 4. The molecule has 0 radical (unpaired) electrons. The Morgan fingerprint density at radius 1 is 0.818 bits per heavy atom. The van der Waals surface area contributed by atoms with Gasteiger partial charge in [-0.1, -0.05) is 29.3 Å². The van der Waals surface area contributed by atoms with Gasteiger partial charge in [0, 0.05) is 32.5 Å². The van der Waals surface area contributed by atoms with Crippen LogP contribution in [-0.2, 0) is 6.18 Å². The maximum absolute atomic E-state index is 13.0. The van der Waals surface area contributed by atoms with Crippen molar-refractivity contribution in [3.63, 3.8) is 0 Å². The lowest BCUT2D eigenvalue weighted by atomic mass is 10.1. The van der Waals surface area contributed by atoms with Gasteiger partial charge in [0.2, 0.25) is 0 Å². The Balaban J connectivity index is 1.57. The number of hydrogen-bond acceptors (Lipinski definition) is 4. The van der Waals surface area contributed by atoms with E-state index in [1.165, 1.54) is 24.5 Å². The molecule has 2 amide bonds. The molecule has 0 unspecified atom stereocenters. The van der Waals surface area contributed by atoms with Crippen LogP contribution in [-0.4, -0.2) is 16.0 Å². The minimum atomic E-state index is -4.47. The van der Waals surface area contributed by atoms with Crippen LogP contribution in [0.25, 0.3) is 10.9 Å². The van der Waals surface area contributed by atoms with E-state index in [1.54, 1.807) is 30.3 Å². The van der Waals surface area contributed by atoms with Crippen LogP contribution in [0.15, 0.2) is 67.0 Å². The van der Waals surface area contributed by atoms with Gasteiger partial charge in [-0.05, 0) is 54.6 Å². The third-order valence-corrected chi connectivity index (χ3v) is 4.90. The van der Waals surface area contributed by atoms with Crippen molar-refractivity contribution in [2.24, 2.45) is 0 Å². The molecule has 0 fully saturated rings. The van der Waals surface area contributed by atoms with Crippen LogP contribution in [0.2, 0.25) is 10.0 Å². The molecular formula is C22H14Cl2F3N5O. The average Bonchev–Trinajstić information content (AvgIpc) is 2.73. The predicted octanol–water partition coefficient (Wildman–Crippen LogP) is 7.34. The topological polar surface area (TPSA) is 78.9 Å². The number of amides is 2. The molecule has 168 valence electrons. The van der Waals surface area contributed by atoms with Crippen molar-refractivity contribution in [2.75, 3.05) is 16.0 Å². The number of carbonyl (C=O) groups is 1. The lowest BCUT2D eigenvalue weighted by Crippen LogP contribution is -2.19. The van der Waals surface area contributed by atoms with Gasteiger partial charge in [-0.2, -0.15) is 13.2 Å². The van der Waals surface area contributed by atoms with Crippen molar-refractivity contribution in [1.29, 1.82) is 0 Å². The van der Waals surface area contributed by atoms with E-state index in [0.717, 1.165) is 12.1 Å². The summed E-state index contributed by atoms with van der Waals surface area (Å²) >= 11 is 11.9. The van der Waals surface area contributed by atoms with Crippen molar-refractivity contribution in [2.45, 2.75) is 6.18 Å². The maximum Gasteiger partial charge on any atom is 0.416 e. The van der Waals surface area contributed by atoms with E-state index < -0.39 is 17.8 Å². The number of aromatic nitrogens is 2. The number of nitrogens with one attached hydrogen (secondary N) is 3. The van der Waals surface area contributed by atoms with Gasteiger partial charge in [-0.25, -0.2) is 14.8 Å². The maximum atomic E-state index is 13.0. The molecule has 3 aromatic carbocycles. The van der Waals surface area contributed by atoms with E-state index in [9.17, 15) is 18.0 Å². The summed E-state index contributed by atoms with van der Waals surface area (Å²) in [7, 11) is 0. The smallest absolute Gasteiger partial charge is 0.340 e. The minimum Gasteiger partial charge on any atom is -0.340 e. The van der Waals surface area contributed by atoms with Crippen LogP contribution in [0.3, 0.4) is 0 Å². The van der Waals surface area contributed by atoms with Crippen LogP contribution < -0.4 is 16.0 Å². The molecule has 0 saturated heterocycles. The number of halogens is 5. The van der Waals surface area contributed by atoms with Crippen LogP contribution in [0.5, 0.6) is 0 Å². The highest BCUT2D eigenvalue weighted by Crippen LogP contribution is 2.32. The summed E-state index contributed by atoms with van der Waals surface area (Å²) in [6.07, 6.45) is -3.18. The van der Waals surface area contributed by atoms with Crippen LogP contribution in [0, 0.1) is 0 Å². The highest BCUT2D eigenvalue weighted by atomic mass is 35.5. The van der Waals surface area contributed by atoms with Gasteiger partial charge < -0.3 is 16.0 Å². The van der Waals surface area contributed by atoms with Gasteiger partial charge in [0.15, 0.2) is 0 Å². The van der Waals surface area contributed by atoms with E-state index in [1.807, 2.05) is 0 Å². The lowest BCUT2D eigenvalue weighted by molar-refractivity contribution is -0.137. The van der Waals surface area contributed by atoms with Crippen LogP contribution in [0.1, 0.15) is 5.56 Å². The molecule has 11 heteroatoms. The monoisotopic (exact) mass is 491 g/mol. The zero-order valence-electron chi connectivity index (χ0n) is 16.5. The van der Waals surface area contributed by atoms with Gasteiger partial charge in [0.25, 0.3) is 0 Å². The minimum absolute atomic E-state index is 0.207. The van der Waals surface area contributed by atoms with Gasteiger partial charge >= 0.3 is 12.2 Å². The Morgan fingerprint density at radius 2 is 1.55 bits per heavy atom. The summed E-state index contributed by atoms with van der Waals surface area (Å²) in [5, 5.41) is 9.41. The summed E-state index contributed by atoms with van der Waals surface area (Å²) in [5.74, 6) is 0.282. The van der Waals surface area contributed by atoms with Crippen molar-refractivity contribution in [3.8, 4) is 0 Å². The molecule has 4 rings (SSSR count). The molecule has 0 bridgehead atoms. The number of hydrogen-bond donors (Lipinski definition) is 3.